The zero-order chi connectivity index (χ0) is 25.8. The molecule has 9 nitrogen and oxygen atoms in total. The van der Waals surface area contributed by atoms with E-state index in [-0.39, 0.29) is 18.1 Å². The number of carbonyl (C=O) groups is 1. The Morgan fingerprint density at radius 3 is 2.59 bits per heavy atom. The summed E-state index contributed by atoms with van der Waals surface area (Å²) in [6, 6.07) is 16.1. The molecule has 0 aliphatic heterocycles. The van der Waals surface area contributed by atoms with E-state index in [1.165, 1.54) is 15.9 Å². The third-order valence-electron chi connectivity index (χ3n) is 5.17. The van der Waals surface area contributed by atoms with Crippen LogP contribution in [0.5, 0.6) is 11.5 Å². The van der Waals surface area contributed by atoms with Crippen molar-refractivity contribution >= 4 is 49.9 Å². The molecule has 1 amide bonds. The predicted molar refractivity (Wildman–Crippen MR) is 145 cm³/mol. The number of amides is 1. The third kappa shape index (κ3) is 5.68. The minimum Gasteiger partial charge on any atom is -0.490 e. The zero-order valence-electron chi connectivity index (χ0n) is 19.6. The van der Waals surface area contributed by atoms with Crippen LogP contribution in [0.15, 0.2) is 76.3 Å². The number of hydrogen-bond donors (Lipinski definition) is 1. The lowest BCUT2D eigenvalue weighted by Gasteiger charge is -2.12. The summed E-state index contributed by atoms with van der Waals surface area (Å²) >= 11 is 4.62. The van der Waals surface area contributed by atoms with Crippen molar-refractivity contribution in [3.63, 3.8) is 0 Å². The molecule has 0 spiro atoms. The number of halogens is 1. The van der Waals surface area contributed by atoms with Gasteiger partial charge in [-0.3, -0.25) is 14.6 Å². The van der Waals surface area contributed by atoms with Crippen molar-refractivity contribution in [2.75, 3.05) is 18.5 Å². The van der Waals surface area contributed by atoms with E-state index < -0.39 is 0 Å². The zero-order valence-corrected chi connectivity index (χ0v) is 22.0. The molecular formula is C26H20BrN5O4S. The molecule has 0 saturated heterocycles. The van der Waals surface area contributed by atoms with Crippen molar-refractivity contribution in [1.82, 2.24) is 19.6 Å². The molecule has 11 heteroatoms. The Balaban J connectivity index is 1.34. The standard InChI is InChI=1S/C26H20BrN5O4S/c1-2-35-21-13-16(3-8-20(21)36-15-23(33)29-19-6-4-18(27)5-7-19)14-22-25(34)32-26(37-22)30-24(31-32)17-9-11-28-12-10-17/h3-14H,2,15H2,1H3,(H,29,33)/b22-14-. The molecule has 2 aromatic carbocycles. The van der Waals surface area contributed by atoms with Gasteiger partial charge in [0, 0.05) is 28.1 Å². The monoisotopic (exact) mass is 577 g/mol. The molecular weight excluding hydrogens is 558 g/mol. The van der Waals surface area contributed by atoms with Gasteiger partial charge in [-0.15, -0.1) is 5.10 Å². The highest BCUT2D eigenvalue weighted by Crippen LogP contribution is 2.29. The number of nitrogens with zero attached hydrogens (tertiary/aromatic N) is 4. The fraction of sp³-hybridized carbons (Fsp3) is 0.115. The van der Waals surface area contributed by atoms with Gasteiger partial charge in [0.25, 0.3) is 11.5 Å². The summed E-state index contributed by atoms with van der Waals surface area (Å²) in [4.78, 5) is 34.2. The maximum atomic E-state index is 12.9. The van der Waals surface area contributed by atoms with Gasteiger partial charge in [0.15, 0.2) is 23.9 Å². The van der Waals surface area contributed by atoms with Crippen LogP contribution in [0.1, 0.15) is 12.5 Å². The number of rotatable bonds is 8. The van der Waals surface area contributed by atoms with Gasteiger partial charge in [-0.2, -0.15) is 9.50 Å². The molecule has 0 unspecified atom stereocenters. The first kappa shape index (κ1) is 24.6. The first-order valence-electron chi connectivity index (χ1n) is 11.3. The van der Waals surface area contributed by atoms with E-state index in [1.807, 2.05) is 19.1 Å². The lowest BCUT2D eigenvalue weighted by molar-refractivity contribution is -0.118. The number of thiazole rings is 1. The molecule has 0 bridgehead atoms. The van der Waals surface area contributed by atoms with Gasteiger partial charge in [-0.25, -0.2) is 0 Å². The molecule has 0 radical (unpaired) electrons. The Morgan fingerprint density at radius 2 is 1.86 bits per heavy atom. The van der Waals surface area contributed by atoms with Crippen LogP contribution in [0.2, 0.25) is 0 Å². The van der Waals surface area contributed by atoms with Crippen LogP contribution in [0, 0.1) is 0 Å². The van der Waals surface area contributed by atoms with Gasteiger partial charge in [0.2, 0.25) is 4.96 Å². The van der Waals surface area contributed by atoms with Gasteiger partial charge >= 0.3 is 0 Å². The van der Waals surface area contributed by atoms with E-state index in [4.69, 9.17) is 9.47 Å². The predicted octanol–water partition coefficient (Wildman–Crippen LogP) is 3.94. The van der Waals surface area contributed by atoms with E-state index in [0.29, 0.717) is 39.1 Å². The van der Waals surface area contributed by atoms with Crippen LogP contribution in [-0.2, 0) is 4.79 Å². The molecule has 1 N–H and O–H groups in total. The molecule has 0 saturated carbocycles. The number of benzene rings is 2. The molecule has 5 aromatic rings. The minimum atomic E-state index is -0.294. The molecule has 0 aliphatic rings. The smallest absolute Gasteiger partial charge is 0.291 e. The van der Waals surface area contributed by atoms with Crippen LogP contribution in [0.25, 0.3) is 22.4 Å². The highest BCUT2D eigenvalue weighted by molar-refractivity contribution is 9.10. The lowest BCUT2D eigenvalue weighted by Crippen LogP contribution is -2.23. The summed E-state index contributed by atoms with van der Waals surface area (Å²) < 4.78 is 14.2. The number of nitrogens with one attached hydrogen (secondary N) is 1. The van der Waals surface area contributed by atoms with Crippen LogP contribution in [0.4, 0.5) is 5.69 Å². The SMILES string of the molecule is CCOc1cc(/C=c2\sc3nc(-c4ccncc4)nn3c2=O)ccc1OCC(=O)Nc1ccc(Br)cc1. The van der Waals surface area contributed by atoms with Gasteiger partial charge in [-0.05, 0) is 67.1 Å². The number of pyridine rings is 1. The van der Waals surface area contributed by atoms with Crippen molar-refractivity contribution in [1.29, 1.82) is 0 Å². The van der Waals surface area contributed by atoms with Crippen LogP contribution in [0.3, 0.4) is 0 Å². The van der Waals surface area contributed by atoms with Gasteiger partial charge in [0.1, 0.15) is 0 Å². The summed E-state index contributed by atoms with van der Waals surface area (Å²) in [7, 11) is 0. The van der Waals surface area contributed by atoms with Crippen molar-refractivity contribution in [3.8, 4) is 22.9 Å². The molecule has 37 heavy (non-hydrogen) atoms. The van der Waals surface area contributed by atoms with Crippen LogP contribution < -0.4 is 24.9 Å². The van der Waals surface area contributed by atoms with E-state index in [0.717, 1.165) is 15.6 Å². The largest absolute Gasteiger partial charge is 0.490 e. The second-order valence-corrected chi connectivity index (χ2v) is 9.69. The van der Waals surface area contributed by atoms with Gasteiger partial charge in [0.05, 0.1) is 11.1 Å². The highest BCUT2D eigenvalue weighted by atomic mass is 79.9. The summed E-state index contributed by atoms with van der Waals surface area (Å²) in [6.07, 6.45) is 5.06. The van der Waals surface area contributed by atoms with Crippen LogP contribution >= 0.6 is 27.3 Å². The molecule has 3 heterocycles. The molecule has 5 rings (SSSR count). The fourth-order valence-electron chi connectivity index (χ4n) is 3.48. The van der Waals surface area contributed by atoms with Crippen molar-refractivity contribution in [2.24, 2.45) is 0 Å². The quantitative estimate of drug-likeness (QED) is 0.297. The van der Waals surface area contributed by atoms with Crippen molar-refractivity contribution in [3.05, 3.63) is 91.9 Å². The van der Waals surface area contributed by atoms with E-state index >= 15 is 0 Å². The maximum Gasteiger partial charge on any atom is 0.291 e. The van der Waals surface area contributed by atoms with Crippen LogP contribution in [-0.4, -0.2) is 38.7 Å². The van der Waals surface area contributed by atoms with Gasteiger partial charge in [-0.1, -0.05) is 33.3 Å². The molecule has 186 valence electrons. The Labute approximate surface area is 223 Å². The Morgan fingerprint density at radius 1 is 1.08 bits per heavy atom. The highest BCUT2D eigenvalue weighted by Gasteiger charge is 2.13. The topological polar surface area (TPSA) is 108 Å². The molecule has 0 aliphatic carbocycles. The number of fused-ring (bicyclic) bond motifs is 1. The third-order valence-corrected chi connectivity index (χ3v) is 6.66. The average molecular weight is 578 g/mol. The first-order chi connectivity index (χ1) is 18.0. The van der Waals surface area contributed by atoms with E-state index in [2.05, 4.69) is 36.3 Å². The Kier molecular flexibility index (Phi) is 7.24. The normalized spacial score (nSPS) is 11.6. The number of ether oxygens (including phenoxy) is 2. The first-order valence-corrected chi connectivity index (χ1v) is 12.9. The summed E-state index contributed by atoms with van der Waals surface area (Å²) in [6.45, 7) is 2.08. The number of anilines is 1. The fourth-order valence-corrected chi connectivity index (χ4v) is 4.66. The maximum absolute atomic E-state index is 12.9. The number of aromatic nitrogens is 4. The lowest BCUT2D eigenvalue weighted by atomic mass is 10.2. The van der Waals surface area contributed by atoms with Gasteiger partial charge < -0.3 is 14.8 Å². The molecule has 3 aromatic heterocycles. The van der Waals surface area contributed by atoms with Crippen molar-refractivity contribution < 1.29 is 14.3 Å². The molecule has 0 atom stereocenters. The Bertz CT molecular complexity index is 1670. The molecule has 0 fully saturated rings. The van der Waals surface area contributed by atoms with Crippen molar-refractivity contribution in [2.45, 2.75) is 6.92 Å². The van der Waals surface area contributed by atoms with E-state index in [9.17, 15) is 9.59 Å². The second-order valence-electron chi connectivity index (χ2n) is 7.76. The Hall–Kier alpha value is -4.09. The number of hydrogen-bond acceptors (Lipinski definition) is 8. The summed E-state index contributed by atoms with van der Waals surface area (Å²) in [5, 5.41) is 7.13. The summed E-state index contributed by atoms with van der Waals surface area (Å²) in [5.74, 6) is 1.08. The number of carbonyl (C=O) groups excluding carboxylic acids is 1. The minimum absolute atomic E-state index is 0.183. The average Bonchev–Trinajstić information content (AvgIpc) is 3.45. The summed E-state index contributed by atoms with van der Waals surface area (Å²) in [5.41, 5.74) is 1.95. The van der Waals surface area contributed by atoms with E-state index in [1.54, 1.807) is 60.9 Å². The second kappa shape index (κ2) is 10.9.